The summed E-state index contributed by atoms with van der Waals surface area (Å²) in [5, 5.41) is 4.41. The van der Waals surface area contributed by atoms with Crippen molar-refractivity contribution < 1.29 is 0 Å². The Labute approximate surface area is 123 Å². The molecule has 0 amide bonds. The van der Waals surface area contributed by atoms with E-state index in [-0.39, 0.29) is 0 Å². The SMILES string of the molecule is CC(CCl)CNc1ccccc1CSc1ncc[nH]1. The van der Waals surface area contributed by atoms with Crippen molar-refractivity contribution in [3.8, 4) is 0 Å². The molecule has 0 saturated carbocycles. The third kappa shape index (κ3) is 4.48. The molecule has 0 aliphatic rings. The number of halogens is 1. The molecular weight excluding hydrogens is 278 g/mol. The first-order valence-electron chi connectivity index (χ1n) is 6.29. The average molecular weight is 296 g/mol. The number of anilines is 1. The van der Waals surface area contributed by atoms with E-state index in [0.29, 0.717) is 11.8 Å². The molecule has 1 aromatic heterocycles. The number of thioether (sulfide) groups is 1. The van der Waals surface area contributed by atoms with E-state index in [4.69, 9.17) is 11.6 Å². The summed E-state index contributed by atoms with van der Waals surface area (Å²) in [6.07, 6.45) is 3.61. The minimum atomic E-state index is 0.465. The summed E-state index contributed by atoms with van der Waals surface area (Å²) in [6, 6.07) is 8.37. The molecule has 0 radical (unpaired) electrons. The molecule has 2 aromatic rings. The van der Waals surface area contributed by atoms with Crippen LogP contribution in [0.15, 0.2) is 41.8 Å². The van der Waals surface area contributed by atoms with Crippen LogP contribution in [-0.4, -0.2) is 22.4 Å². The maximum Gasteiger partial charge on any atom is 0.165 e. The Morgan fingerprint density at radius 1 is 1.42 bits per heavy atom. The van der Waals surface area contributed by atoms with Gasteiger partial charge >= 0.3 is 0 Å². The highest BCUT2D eigenvalue weighted by Gasteiger charge is 2.05. The van der Waals surface area contributed by atoms with Gasteiger partial charge in [0.05, 0.1) is 0 Å². The van der Waals surface area contributed by atoms with E-state index >= 15 is 0 Å². The Balaban J connectivity index is 1.95. The summed E-state index contributed by atoms with van der Waals surface area (Å²) in [7, 11) is 0. The number of aromatic nitrogens is 2. The van der Waals surface area contributed by atoms with Crippen LogP contribution in [0, 0.1) is 5.92 Å². The van der Waals surface area contributed by atoms with Crippen LogP contribution in [0.1, 0.15) is 12.5 Å². The molecule has 0 bridgehead atoms. The highest BCUT2D eigenvalue weighted by atomic mass is 35.5. The molecule has 19 heavy (non-hydrogen) atoms. The summed E-state index contributed by atoms with van der Waals surface area (Å²) in [6.45, 7) is 3.03. The topological polar surface area (TPSA) is 40.7 Å². The van der Waals surface area contributed by atoms with Crippen LogP contribution < -0.4 is 5.32 Å². The van der Waals surface area contributed by atoms with Crippen LogP contribution in [0.25, 0.3) is 0 Å². The third-order valence-electron chi connectivity index (χ3n) is 2.76. The van der Waals surface area contributed by atoms with E-state index < -0.39 is 0 Å². The van der Waals surface area contributed by atoms with E-state index in [0.717, 1.165) is 17.5 Å². The van der Waals surface area contributed by atoms with Crippen molar-refractivity contribution in [2.45, 2.75) is 17.8 Å². The predicted molar refractivity (Wildman–Crippen MR) is 83.0 cm³/mol. The van der Waals surface area contributed by atoms with Crippen LogP contribution in [0.5, 0.6) is 0 Å². The molecule has 2 rings (SSSR count). The normalized spacial score (nSPS) is 12.3. The van der Waals surface area contributed by atoms with Crippen molar-refractivity contribution >= 4 is 29.1 Å². The van der Waals surface area contributed by atoms with E-state index in [1.165, 1.54) is 11.3 Å². The maximum absolute atomic E-state index is 5.83. The number of alkyl halides is 1. The molecule has 0 spiro atoms. The molecule has 1 atom stereocenters. The minimum Gasteiger partial charge on any atom is -0.384 e. The van der Waals surface area contributed by atoms with Gasteiger partial charge in [0.2, 0.25) is 0 Å². The fraction of sp³-hybridized carbons (Fsp3) is 0.357. The fourth-order valence-corrected chi connectivity index (χ4v) is 2.57. The Morgan fingerprint density at radius 3 is 3.00 bits per heavy atom. The van der Waals surface area contributed by atoms with Crippen molar-refractivity contribution in [1.29, 1.82) is 0 Å². The van der Waals surface area contributed by atoms with Gasteiger partial charge in [0.1, 0.15) is 0 Å². The Hall–Kier alpha value is -1.13. The zero-order chi connectivity index (χ0) is 13.5. The van der Waals surface area contributed by atoms with Crippen LogP contribution in [0.4, 0.5) is 5.69 Å². The summed E-state index contributed by atoms with van der Waals surface area (Å²) < 4.78 is 0. The van der Waals surface area contributed by atoms with Crippen LogP contribution in [0.3, 0.4) is 0 Å². The molecule has 0 fully saturated rings. The van der Waals surface area contributed by atoms with Gasteiger partial charge in [-0.25, -0.2) is 4.98 Å². The lowest BCUT2D eigenvalue weighted by atomic mass is 10.1. The van der Waals surface area contributed by atoms with E-state index in [2.05, 4.69) is 46.5 Å². The summed E-state index contributed by atoms with van der Waals surface area (Å²) in [5.41, 5.74) is 2.46. The monoisotopic (exact) mass is 295 g/mol. The van der Waals surface area contributed by atoms with Crippen molar-refractivity contribution in [3.05, 3.63) is 42.2 Å². The largest absolute Gasteiger partial charge is 0.384 e. The number of rotatable bonds is 7. The van der Waals surface area contributed by atoms with Gasteiger partial charge in [-0.3, -0.25) is 0 Å². The first-order valence-corrected chi connectivity index (χ1v) is 7.81. The van der Waals surface area contributed by atoms with Crippen molar-refractivity contribution in [1.82, 2.24) is 9.97 Å². The molecule has 0 saturated heterocycles. The Morgan fingerprint density at radius 2 is 2.26 bits per heavy atom. The zero-order valence-corrected chi connectivity index (χ0v) is 12.5. The molecule has 2 N–H and O–H groups in total. The number of aromatic amines is 1. The van der Waals surface area contributed by atoms with E-state index in [9.17, 15) is 0 Å². The number of hydrogen-bond acceptors (Lipinski definition) is 3. The van der Waals surface area contributed by atoms with Gasteiger partial charge in [-0.05, 0) is 17.5 Å². The number of benzene rings is 1. The van der Waals surface area contributed by atoms with Gasteiger partial charge < -0.3 is 10.3 Å². The molecule has 0 aliphatic carbocycles. The lowest BCUT2D eigenvalue weighted by molar-refractivity contribution is 0.696. The van der Waals surface area contributed by atoms with Gasteiger partial charge in [-0.2, -0.15) is 0 Å². The first kappa shape index (κ1) is 14.3. The molecule has 1 unspecified atom stereocenters. The fourth-order valence-electron chi connectivity index (χ4n) is 1.63. The quantitative estimate of drug-likeness (QED) is 0.599. The molecule has 1 aromatic carbocycles. The van der Waals surface area contributed by atoms with E-state index in [1.807, 2.05) is 6.20 Å². The second-order valence-electron chi connectivity index (χ2n) is 4.48. The number of para-hydroxylation sites is 1. The van der Waals surface area contributed by atoms with Crippen LogP contribution in [-0.2, 0) is 5.75 Å². The number of imidazole rings is 1. The molecule has 1 heterocycles. The number of nitrogens with one attached hydrogen (secondary N) is 2. The number of hydrogen-bond donors (Lipinski definition) is 2. The van der Waals surface area contributed by atoms with Gasteiger partial charge in [-0.15, -0.1) is 11.6 Å². The van der Waals surface area contributed by atoms with Crippen molar-refractivity contribution in [3.63, 3.8) is 0 Å². The highest BCUT2D eigenvalue weighted by Crippen LogP contribution is 2.24. The molecule has 3 nitrogen and oxygen atoms in total. The first-order chi connectivity index (χ1) is 9.29. The lowest BCUT2D eigenvalue weighted by Gasteiger charge is -2.14. The summed E-state index contributed by atoms with van der Waals surface area (Å²) >= 11 is 7.53. The maximum atomic E-state index is 5.83. The average Bonchev–Trinajstić information content (AvgIpc) is 2.96. The smallest absolute Gasteiger partial charge is 0.165 e. The van der Waals surface area contributed by atoms with Crippen molar-refractivity contribution in [2.75, 3.05) is 17.7 Å². The second-order valence-corrected chi connectivity index (χ2v) is 5.75. The lowest BCUT2D eigenvalue weighted by Crippen LogP contribution is -2.13. The van der Waals surface area contributed by atoms with Crippen LogP contribution >= 0.6 is 23.4 Å². The van der Waals surface area contributed by atoms with Crippen molar-refractivity contribution in [2.24, 2.45) is 5.92 Å². The molecule has 102 valence electrons. The summed E-state index contributed by atoms with van der Waals surface area (Å²) in [5.74, 6) is 2.04. The molecular formula is C14H18ClN3S. The number of nitrogens with zero attached hydrogens (tertiary/aromatic N) is 1. The summed E-state index contributed by atoms with van der Waals surface area (Å²) in [4.78, 5) is 7.32. The predicted octanol–water partition coefficient (Wildman–Crippen LogP) is 3.99. The molecule has 0 aliphatic heterocycles. The second kappa shape index (κ2) is 7.46. The van der Waals surface area contributed by atoms with E-state index in [1.54, 1.807) is 18.0 Å². The third-order valence-corrected chi connectivity index (χ3v) is 4.24. The van der Waals surface area contributed by atoms with Crippen LogP contribution in [0.2, 0.25) is 0 Å². The Kier molecular flexibility index (Phi) is 5.61. The highest BCUT2D eigenvalue weighted by molar-refractivity contribution is 7.98. The van der Waals surface area contributed by atoms with Gasteiger partial charge in [0, 0.05) is 36.3 Å². The molecule has 5 heteroatoms. The standard InChI is InChI=1S/C14H18ClN3S/c1-11(8-15)9-18-13-5-3-2-4-12(13)10-19-14-16-6-7-17-14/h2-7,11,18H,8-10H2,1H3,(H,16,17). The Bertz CT molecular complexity index is 487. The van der Waals surface area contributed by atoms with Gasteiger partial charge in [-0.1, -0.05) is 36.9 Å². The van der Waals surface area contributed by atoms with Gasteiger partial charge in [0.15, 0.2) is 5.16 Å². The van der Waals surface area contributed by atoms with Gasteiger partial charge in [0.25, 0.3) is 0 Å². The zero-order valence-electron chi connectivity index (χ0n) is 10.9. The number of H-pyrrole nitrogens is 1. The minimum absolute atomic E-state index is 0.465.